The Morgan fingerprint density at radius 3 is 2.56 bits per heavy atom. The quantitative estimate of drug-likeness (QED) is 0.658. The number of rotatable bonds is 1. The molecule has 78 valence electrons. The molecule has 2 aromatic carbocycles. The highest BCUT2D eigenvalue weighted by Crippen LogP contribution is 2.26. The number of aromatic amines is 1. The van der Waals surface area contributed by atoms with Gasteiger partial charge in [0.2, 0.25) is 0 Å². The van der Waals surface area contributed by atoms with E-state index in [4.69, 9.17) is 0 Å². The maximum absolute atomic E-state index is 13.4. The molecule has 3 aromatic rings. The lowest BCUT2D eigenvalue weighted by atomic mass is 10.1. The summed E-state index contributed by atoms with van der Waals surface area (Å²) in [5, 5.41) is 7.69. The van der Waals surface area contributed by atoms with E-state index >= 15 is 0 Å². The Bertz CT molecular complexity index is 629. The molecular weight excluding hydrogens is 203 g/mol. The molecule has 3 rings (SSSR count). The van der Waals surface area contributed by atoms with Crippen molar-refractivity contribution in [1.29, 1.82) is 0 Å². The Balaban J connectivity index is 2.30. The molecule has 0 radical (unpaired) electrons. The standard InChI is InChI=1S/C13H9FN2/c14-11-8-4-7-10-12(15-16-13(10)11)9-5-2-1-3-6-9/h1-8H,(H,15,16). The number of nitrogens with zero attached hydrogens (tertiary/aromatic N) is 1. The van der Waals surface area contributed by atoms with Crippen LogP contribution in [0.2, 0.25) is 0 Å². The van der Waals surface area contributed by atoms with E-state index in [1.807, 2.05) is 36.4 Å². The zero-order valence-electron chi connectivity index (χ0n) is 8.44. The molecule has 1 aromatic heterocycles. The number of nitrogens with one attached hydrogen (secondary N) is 1. The molecule has 0 saturated heterocycles. The fraction of sp³-hybridized carbons (Fsp3) is 0. The van der Waals surface area contributed by atoms with Crippen LogP contribution in [-0.2, 0) is 0 Å². The van der Waals surface area contributed by atoms with Crippen LogP contribution in [0.1, 0.15) is 0 Å². The smallest absolute Gasteiger partial charge is 0.151 e. The maximum atomic E-state index is 13.4. The average molecular weight is 212 g/mol. The lowest BCUT2D eigenvalue weighted by Gasteiger charge is -1.97. The molecule has 0 unspecified atom stereocenters. The van der Waals surface area contributed by atoms with Gasteiger partial charge in [0, 0.05) is 10.9 Å². The zero-order chi connectivity index (χ0) is 11.0. The van der Waals surface area contributed by atoms with Crippen LogP contribution < -0.4 is 0 Å². The van der Waals surface area contributed by atoms with Crippen LogP contribution in [0.3, 0.4) is 0 Å². The van der Waals surface area contributed by atoms with Gasteiger partial charge in [-0.05, 0) is 6.07 Å². The molecule has 1 N–H and O–H groups in total. The molecule has 0 fully saturated rings. The Morgan fingerprint density at radius 1 is 0.938 bits per heavy atom. The van der Waals surface area contributed by atoms with Crippen molar-refractivity contribution in [1.82, 2.24) is 10.2 Å². The summed E-state index contributed by atoms with van der Waals surface area (Å²) < 4.78 is 13.4. The Labute approximate surface area is 91.7 Å². The third-order valence-electron chi connectivity index (χ3n) is 2.60. The van der Waals surface area contributed by atoms with Crippen molar-refractivity contribution < 1.29 is 4.39 Å². The molecule has 16 heavy (non-hydrogen) atoms. The molecule has 0 saturated carbocycles. The second kappa shape index (κ2) is 3.45. The predicted molar refractivity (Wildman–Crippen MR) is 61.5 cm³/mol. The van der Waals surface area contributed by atoms with E-state index in [9.17, 15) is 4.39 Å². The molecule has 0 atom stereocenters. The van der Waals surface area contributed by atoms with Gasteiger partial charge >= 0.3 is 0 Å². The molecule has 0 bridgehead atoms. The third-order valence-corrected chi connectivity index (χ3v) is 2.60. The lowest BCUT2D eigenvalue weighted by Crippen LogP contribution is -1.77. The molecule has 0 spiro atoms. The summed E-state index contributed by atoms with van der Waals surface area (Å²) >= 11 is 0. The van der Waals surface area contributed by atoms with E-state index in [1.165, 1.54) is 6.07 Å². The monoisotopic (exact) mass is 212 g/mol. The van der Waals surface area contributed by atoms with Crippen molar-refractivity contribution in [2.75, 3.05) is 0 Å². The molecular formula is C13H9FN2. The van der Waals surface area contributed by atoms with Gasteiger partial charge in [-0.2, -0.15) is 5.10 Å². The van der Waals surface area contributed by atoms with Crippen LogP contribution in [0, 0.1) is 5.82 Å². The number of hydrogen-bond acceptors (Lipinski definition) is 1. The number of H-pyrrole nitrogens is 1. The summed E-state index contributed by atoms with van der Waals surface area (Å²) in [5.41, 5.74) is 2.26. The van der Waals surface area contributed by atoms with E-state index in [-0.39, 0.29) is 5.82 Å². The second-order valence-corrected chi connectivity index (χ2v) is 3.60. The van der Waals surface area contributed by atoms with Crippen LogP contribution >= 0.6 is 0 Å². The second-order valence-electron chi connectivity index (χ2n) is 3.60. The maximum Gasteiger partial charge on any atom is 0.151 e. The fourth-order valence-corrected chi connectivity index (χ4v) is 1.83. The van der Waals surface area contributed by atoms with Gasteiger partial charge in [0.15, 0.2) is 5.82 Å². The summed E-state index contributed by atoms with van der Waals surface area (Å²) in [7, 11) is 0. The van der Waals surface area contributed by atoms with Crippen LogP contribution in [0.15, 0.2) is 48.5 Å². The van der Waals surface area contributed by atoms with Gasteiger partial charge in [-0.3, -0.25) is 5.10 Å². The molecule has 2 nitrogen and oxygen atoms in total. The molecule has 0 aliphatic carbocycles. The minimum atomic E-state index is -0.295. The first-order chi connectivity index (χ1) is 7.86. The zero-order valence-corrected chi connectivity index (χ0v) is 8.44. The van der Waals surface area contributed by atoms with Crippen LogP contribution in [0.4, 0.5) is 4.39 Å². The summed E-state index contributed by atoms with van der Waals surface area (Å²) in [6.07, 6.45) is 0. The van der Waals surface area contributed by atoms with Crippen molar-refractivity contribution >= 4 is 10.9 Å². The first kappa shape index (κ1) is 9.09. The topological polar surface area (TPSA) is 28.7 Å². The van der Waals surface area contributed by atoms with Crippen molar-refractivity contribution in [3.63, 3.8) is 0 Å². The van der Waals surface area contributed by atoms with Gasteiger partial charge < -0.3 is 0 Å². The minimum Gasteiger partial charge on any atom is -0.277 e. The minimum absolute atomic E-state index is 0.295. The molecule has 3 heteroatoms. The largest absolute Gasteiger partial charge is 0.277 e. The van der Waals surface area contributed by atoms with Crippen molar-refractivity contribution in [3.8, 4) is 11.3 Å². The van der Waals surface area contributed by atoms with Crippen LogP contribution in [0.25, 0.3) is 22.2 Å². The predicted octanol–water partition coefficient (Wildman–Crippen LogP) is 3.37. The number of para-hydroxylation sites is 1. The third kappa shape index (κ3) is 1.29. The van der Waals surface area contributed by atoms with Gasteiger partial charge in [0.05, 0.1) is 5.69 Å². The van der Waals surface area contributed by atoms with E-state index < -0.39 is 0 Å². The summed E-state index contributed by atoms with van der Waals surface area (Å²) in [5.74, 6) is -0.295. The summed E-state index contributed by atoms with van der Waals surface area (Å²) in [6.45, 7) is 0. The first-order valence-electron chi connectivity index (χ1n) is 5.04. The highest BCUT2D eigenvalue weighted by Gasteiger charge is 2.09. The first-order valence-corrected chi connectivity index (χ1v) is 5.04. The van der Waals surface area contributed by atoms with Gasteiger partial charge in [0.1, 0.15) is 5.52 Å². The number of fused-ring (bicyclic) bond motifs is 1. The van der Waals surface area contributed by atoms with Gasteiger partial charge in [-0.1, -0.05) is 42.5 Å². The highest BCUT2D eigenvalue weighted by atomic mass is 19.1. The summed E-state index contributed by atoms with van der Waals surface area (Å²) in [4.78, 5) is 0. The van der Waals surface area contributed by atoms with E-state index in [2.05, 4.69) is 10.2 Å². The Hall–Kier alpha value is -2.16. The number of benzene rings is 2. The fourth-order valence-electron chi connectivity index (χ4n) is 1.83. The molecule has 1 heterocycles. The number of aromatic nitrogens is 2. The Morgan fingerprint density at radius 2 is 1.75 bits per heavy atom. The number of hydrogen-bond donors (Lipinski definition) is 1. The number of halogens is 1. The van der Waals surface area contributed by atoms with Crippen LogP contribution in [0.5, 0.6) is 0 Å². The molecule has 0 amide bonds. The normalized spacial score (nSPS) is 10.8. The summed E-state index contributed by atoms with van der Waals surface area (Å²) in [6, 6.07) is 14.8. The van der Waals surface area contributed by atoms with E-state index in [0.717, 1.165) is 16.6 Å². The SMILES string of the molecule is Fc1cccc2c(-c3ccccc3)[nH]nc12. The van der Waals surface area contributed by atoms with Crippen molar-refractivity contribution in [2.45, 2.75) is 0 Å². The lowest BCUT2D eigenvalue weighted by molar-refractivity contribution is 0.636. The van der Waals surface area contributed by atoms with Gasteiger partial charge in [-0.25, -0.2) is 4.39 Å². The van der Waals surface area contributed by atoms with Crippen LogP contribution in [-0.4, -0.2) is 10.2 Å². The highest BCUT2D eigenvalue weighted by molar-refractivity contribution is 5.92. The van der Waals surface area contributed by atoms with E-state index in [1.54, 1.807) is 6.07 Å². The Kier molecular flexibility index (Phi) is 1.96. The molecule has 0 aliphatic rings. The van der Waals surface area contributed by atoms with Gasteiger partial charge in [0.25, 0.3) is 0 Å². The van der Waals surface area contributed by atoms with Crippen molar-refractivity contribution in [3.05, 3.63) is 54.3 Å². The van der Waals surface area contributed by atoms with Crippen molar-refractivity contribution in [2.24, 2.45) is 0 Å². The average Bonchev–Trinajstić information content (AvgIpc) is 2.75. The molecule has 0 aliphatic heterocycles. The van der Waals surface area contributed by atoms with E-state index in [0.29, 0.717) is 5.52 Å². The van der Waals surface area contributed by atoms with Gasteiger partial charge in [-0.15, -0.1) is 0 Å².